The highest BCUT2D eigenvalue weighted by Crippen LogP contribution is 2.12. The fourth-order valence-corrected chi connectivity index (χ4v) is 0.798. The fraction of sp³-hybridized carbons (Fsp3) is 0.111. The molecule has 1 nitrogen and oxygen atoms in total. The zero-order chi connectivity index (χ0) is 7.40. The molecule has 0 spiro atoms. The first-order valence-electron chi connectivity index (χ1n) is 3.20. The van der Waals surface area contributed by atoms with Gasteiger partial charge in [0.2, 0.25) is 0 Å². The largest absolute Gasteiger partial charge is 0.471 e. The molecule has 0 aliphatic rings. The van der Waals surface area contributed by atoms with Crippen molar-refractivity contribution in [3.05, 3.63) is 36.3 Å². The molecule has 0 aliphatic heterocycles. The third kappa shape index (κ3) is 1.18. The fourth-order valence-electron chi connectivity index (χ4n) is 0.798. The first kappa shape index (κ1) is 6.87. The van der Waals surface area contributed by atoms with Crippen molar-refractivity contribution < 1.29 is 4.42 Å². The Balaban J connectivity index is 3.00. The Kier molecular flexibility index (Phi) is 2.11. The van der Waals surface area contributed by atoms with Crippen molar-refractivity contribution in [1.82, 2.24) is 0 Å². The monoisotopic (exact) mass is 134 g/mol. The van der Waals surface area contributed by atoms with Crippen LogP contribution in [-0.4, -0.2) is 0 Å². The van der Waals surface area contributed by atoms with Gasteiger partial charge in [0.1, 0.15) is 0 Å². The lowest BCUT2D eigenvalue weighted by Crippen LogP contribution is -1.67. The van der Waals surface area contributed by atoms with Crippen LogP contribution in [-0.2, 0) is 0 Å². The summed E-state index contributed by atoms with van der Waals surface area (Å²) in [5.74, 6) is 0. The normalized spacial score (nSPS) is 10.5. The minimum Gasteiger partial charge on any atom is -0.471 e. The van der Waals surface area contributed by atoms with E-state index in [1.807, 2.05) is 19.1 Å². The van der Waals surface area contributed by atoms with Gasteiger partial charge in [-0.2, -0.15) is 0 Å². The second kappa shape index (κ2) is 3.06. The molecule has 0 unspecified atom stereocenters. The quantitative estimate of drug-likeness (QED) is 0.606. The first-order chi connectivity index (χ1) is 4.88. The van der Waals surface area contributed by atoms with Crippen LogP contribution in [0.1, 0.15) is 18.1 Å². The average Bonchev–Trinajstić information content (AvgIpc) is 2.36. The lowest BCUT2D eigenvalue weighted by molar-refractivity contribution is 0.566. The maximum Gasteiger partial charge on any atom is 0.0981 e. The third-order valence-corrected chi connectivity index (χ3v) is 1.29. The summed E-state index contributed by atoms with van der Waals surface area (Å²) in [4.78, 5) is 0. The van der Waals surface area contributed by atoms with Gasteiger partial charge >= 0.3 is 0 Å². The Morgan fingerprint density at radius 3 is 2.70 bits per heavy atom. The summed E-state index contributed by atoms with van der Waals surface area (Å²) in [6.07, 6.45) is 9.12. The second-order valence-corrected chi connectivity index (χ2v) is 1.99. The molecule has 0 radical (unpaired) electrons. The molecule has 1 heteroatoms. The molecule has 0 bridgehead atoms. The number of hydrogen-bond donors (Lipinski definition) is 0. The summed E-state index contributed by atoms with van der Waals surface area (Å²) < 4.78 is 4.97. The van der Waals surface area contributed by atoms with Crippen molar-refractivity contribution in [2.24, 2.45) is 0 Å². The Labute approximate surface area is 60.7 Å². The van der Waals surface area contributed by atoms with Crippen LogP contribution in [0, 0.1) is 0 Å². The van der Waals surface area contributed by atoms with Crippen LogP contribution in [0.25, 0.3) is 12.2 Å². The zero-order valence-electron chi connectivity index (χ0n) is 6.00. The molecular weight excluding hydrogens is 124 g/mol. The van der Waals surface area contributed by atoms with Gasteiger partial charge in [-0.05, 0) is 6.92 Å². The molecule has 0 amide bonds. The average molecular weight is 134 g/mol. The van der Waals surface area contributed by atoms with Gasteiger partial charge in [0.25, 0.3) is 0 Å². The first-order valence-corrected chi connectivity index (χ1v) is 3.20. The van der Waals surface area contributed by atoms with E-state index in [1.54, 1.807) is 18.6 Å². The maximum absolute atomic E-state index is 4.97. The summed E-state index contributed by atoms with van der Waals surface area (Å²) in [5, 5.41) is 0. The van der Waals surface area contributed by atoms with E-state index in [0.29, 0.717) is 0 Å². The van der Waals surface area contributed by atoms with E-state index in [1.165, 1.54) is 0 Å². The number of allylic oxidation sites excluding steroid dienone is 1. The second-order valence-electron chi connectivity index (χ2n) is 1.99. The molecule has 0 saturated heterocycles. The van der Waals surface area contributed by atoms with Gasteiger partial charge < -0.3 is 4.42 Å². The molecular formula is C9H10O. The van der Waals surface area contributed by atoms with Crippen LogP contribution in [0.4, 0.5) is 0 Å². The van der Waals surface area contributed by atoms with Gasteiger partial charge in [-0.1, -0.05) is 24.8 Å². The van der Waals surface area contributed by atoms with E-state index in [2.05, 4.69) is 6.58 Å². The van der Waals surface area contributed by atoms with Crippen molar-refractivity contribution in [2.75, 3.05) is 0 Å². The predicted molar refractivity (Wildman–Crippen MR) is 43.5 cm³/mol. The smallest absolute Gasteiger partial charge is 0.0981 e. The Morgan fingerprint density at radius 2 is 2.10 bits per heavy atom. The lowest BCUT2D eigenvalue weighted by Gasteiger charge is -1.84. The Bertz CT molecular complexity index is 243. The number of hydrogen-bond acceptors (Lipinski definition) is 1. The van der Waals surface area contributed by atoms with Crippen molar-refractivity contribution in [3.8, 4) is 0 Å². The lowest BCUT2D eigenvalue weighted by atomic mass is 10.2. The zero-order valence-corrected chi connectivity index (χ0v) is 6.00. The number of rotatable bonds is 2. The van der Waals surface area contributed by atoms with Gasteiger partial charge in [0.05, 0.1) is 12.5 Å². The summed E-state index contributed by atoms with van der Waals surface area (Å²) in [6, 6.07) is 0. The van der Waals surface area contributed by atoms with Crippen molar-refractivity contribution >= 4 is 12.2 Å². The van der Waals surface area contributed by atoms with Crippen LogP contribution in [0.5, 0.6) is 0 Å². The minimum absolute atomic E-state index is 1.04. The Morgan fingerprint density at radius 1 is 1.40 bits per heavy atom. The SMILES string of the molecule is C=Cc1cocc1/C=C\C. The molecule has 0 saturated carbocycles. The molecule has 1 aromatic rings. The molecule has 1 heterocycles. The topological polar surface area (TPSA) is 13.1 Å². The van der Waals surface area contributed by atoms with Crippen LogP contribution in [0.3, 0.4) is 0 Å². The van der Waals surface area contributed by atoms with Gasteiger partial charge in [0.15, 0.2) is 0 Å². The molecule has 1 aromatic heterocycles. The molecule has 0 aliphatic carbocycles. The summed E-state index contributed by atoms with van der Waals surface area (Å²) in [7, 11) is 0. The van der Waals surface area contributed by atoms with E-state index in [-0.39, 0.29) is 0 Å². The molecule has 52 valence electrons. The van der Waals surface area contributed by atoms with Crippen LogP contribution < -0.4 is 0 Å². The molecule has 0 aromatic carbocycles. The summed E-state index contributed by atoms with van der Waals surface area (Å²) in [5.41, 5.74) is 2.12. The van der Waals surface area contributed by atoms with Gasteiger partial charge in [-0.25, -0.2) is 0 Å². The van der Waals surface area contributed by atoms with Gasteiger partial charge in [0, 0.05) is 11.1 Å². The van der Waals surface area contributed by atoms with Gasteiger partial charge in [-0.3, -0.25) is 0 Å². The molecule has 0 N–H and O–H groups in total. The molecule has 10 heavy (non-hydrogen) atoms. The summed E-state index contributed by atoms with van der Waals surface area (Å²) in [6.45, 7) is 5.62. The number of furan rings is 1. The summed E-state index contributed by atoms with van der Waals surface area (Å²) >= 11 is 0. The molecule has 1 rings (SSSR count). The van der Waals surface area contributed by atoms with Crippen LogP contribution in [0.2, 0.25) is 0 Å². The Hall–Kier alpha value is -1.24. The van der Waals surface area contributed by atoms with Crippen LogP contribution >= 0.6 is 0 Å². The standard InChI is InChI=1S/C9H10O/c1-3-5-9-7-10-6-8(9)4-2/h3-7H,2H2,1H3/b5-3-. The minimum atomic E-state index is 1.04. The predicted octanol–water partition coefficient (Wildman–Crippen LogP) is 2.96. The van der Waals surface area contributed by atoms with Gasteiger partial charge in [-0.15, -0.1) is 0 Å². The van der Waals surface area contributed by atoms with Crippen LogP contribution in [0.15, 0.2) is 29.6 Å². The van der Waals surface area contributed by atoms with Crippen molar-refractivity contribution in [3.63, 3.8) is 0 Å². The van der Waals surface area contributed by atoms with E-state index in [4.69, 9.17) is 4.42 Å². The van der Waals surface area contributed by atoms with E-state index in [9.17, 15) is 0 Å². The van der Waals surface area contributed by atoms with E-state index >= 15 is 0 Å². The highest BCUT2D eigenvalue weighted by Gasteiger charge is 1.94. The maximum atomic E-state index is 4.97. The molecule has 0 fully saturated rings. The highest BCUT2D eigenvalue weighted by atomic mass is 16.3. The molecule has 0 atom stereocenters. The highest BCUT2D eigenvalue weighted by molar-refractivity contribution is 5.62. The van der Waals surface area contributed by atoms with Crippen molar-refractivity contribution in [2.45, 2.75) is 6.92 Å². The van der Waals surface area contributed by atoms with Crippen molar-refractivity contribution in [1.29, 1.82) is 0 Å². The van der Waals surface area contributed by atoms with E-state index < -0.39 is 0 Å². The van der Waals surface area contributed by atoms with E-state index in [0.717, 1.165) is 11.1 Å². The third-order valence-electron chi connectivity index (χ3n) is 1.29.